The van der Waals surface area contributed by atoms with Crippen LogP contribution in [0.5, 0.6) is 0 Å². The number of benzene rings is 1. The number of carbonyl (C=O) groups excluding carboxylic acids is 1. The maximum Gasteiger partial charge on any atom is 0.191 e. The van der Waals surface area contributed by atoms with Crippen LogP contribution in [0, 0.1) is 0 Å². The Hall–Kier alpha value is -0.980. The Labute approximate surface area is 121 Å². The first-order valence-electron chi connectivity index (χ1n) is 5.19. The van der Waals surface area contributed by atoms with E-state index in [1.165, 1.54) is 11.5 Å². The molecule has 3 rings (SSSR count). The summed E-state index contributed by atoms with van der Waals surface area (Å²) < 4.78 is 4.72. The van der Waals surface area contributed by atoms with Crippen molar-refractivity contribution in [2.24, 2.45) is 0 Å². The average molecular weight is 339 g/mol. The zero-order chi connectivity index (χ0) is 12.5. The summed E-state index contributed by atoms with van der Waals surface area (Å²) in [5, 5.41) is 5.77. The van der Waals surface area contributed by atoms with Crippen molar-refractivity contribution in [2.75, 3.05) is 5.75 Å². The van der Waals surface area contributed by atoms with E-state index in [0.29, 0.717) is 5.75 Å². The molecule has 0 saturated carbocycles. The molecule has 1 aliphatic heterocycles. The second kappa shape index (κ2) is 4.95. The van der Waals surface area contributed by atoms with Gasteiger partial charge in [-0.3, -0.25) is 4.79 Å². The van der Waals surface area contributed by atoms with Crippen LogP contribution in [-0.2, 0) is 0 Å². The molecule has 6 heteroatoms. The Morgan fingerprint density at radius 2 is 2.28 bits per heavy atom. The summed E-state index contributed by atoms with van der Waals surface area (Å²) in [5.41, 5.74) is 2.29. The van der Waals surface area contributed by atoms with Gasteiger partial charge in [0.15, 0.2) is 5.78 Å². The molecular weight excluding hydrogens is 332 g/mol. The molecule has 0 aliphatic carbocycles. The number of hydrogen-bond donors (Lipinski definition) is 0. The van der Waals surface area contributed by atoms with E-state index in [0.717, 1.165) is 26.2 Å². The van der Waals surface area contributed by atoms with Crippen LogP contribution in [0.4, 0.5) is 0 Å². The van der Waals surface area contributed by atoms with Gasteiger partial charge in [-0.15, -0.1) is 16.9 Å². The summed E-state index contributed by atoms with van der Waals surface area (Å²) in [6.07, 6.45) is 1.82. The molecule has 0 atom stereocenters. The molecule has 3 nitrogen and oxygen atoms in total. The maximum atomic E-state index is 12.3. The lowest BCUT2D eigenvalue weighted by Crippen LogP contribution is -2.12. The molecular formula is C12H7BrN2OS2. The number of nitrogens with zero attached hydrogens (tertiary/aromatic N) is 2. The van der Waals surface area contributed by atoms with Gasteiger partial charge in [-0.05, 0) is 35.8 Å². The van der Waals surface area contributed by atoms with E-state index in [2.05, 4.69) is 25.5 Å². The summed E-state index contributed by atoms with van der Waals surface area (Å²) in [5.74, 6) is 0.767. The molecule has 1 aliphatic rings. The Morgan fingerprint density at radius 1 is 1.39 bits per heavy atom. The normalized spacial score (nSPS) is 16.9. The van der Waals surface area contributed by atoms with Gasteiger partial charge >= 0.3 is 0 Å². The molecule has 2 aromatic rings. The van der Waals surface area contributed by atoms with E-state index in [1.807, 2.05) is 29.7 Å². The average Bonchev–Trinajstić information content (AvgIpc) is 2.86. The van der Waals surface area contributed by atoms with Crippen LogP contribution in [0.2, 0.25) is 0 Å². The monoisotopic (exact) mass is 338 g/mol. The third-order valence-electron chi connectivity index (χ3n) is 2.56. The van der Waals surface area contributed by atoms with Crippen LogP contribution in [0.1, 0.15) is 16.1 Å². The summed E-state index contributed by atoms with van der Waals surface area (Å²) in [4.78, 5) is 13.4. The summed E-state index contributed by atoms with van der Waals surface area (Å²) in [6.45, 7) is 0. The highest BCUT2D eigenvalue weighted by Crippen LogP contribution is 2.34. The van der Waals surface area contributed by atoms with Crippen LogP contribution >= 0.6 is 39.2 Å². The zero-order valence-electron chi connectivity index (χ0n) is 9.09. The third kappa shape index (κ3) is 2.28. The standard InChI is InChI=1S/C12H7BrN2OS2/c13-8-1-2-11-10(4-8)12(16)7(5-17-11)3-9-6-18-15-14-9/h1-4,6H,5H2/b7-3+. The lowest BCUT2D eigenvalue weighted by molar-refractivity contribution is 0.103. The highest BCUT2D eigenvalue weighted by Gasteiger charge is 2.22. The van der Waals surface area contributed by atoms with Gasteiger partial charge in [-0.2, -0.15) is 0 Å². The predicted octanol–water partition coefficient (Wildman–Crippen LogP) is 3.67. The van der Waals surface area contributed by atoms with E-state index < -0.39 is 0 Å². The van der Waals surface area contributed by atoms with Crippen LogP contribution in [-0.4, -0.2) is 21.1 Å². The minimum atomic E-state index is 0.0815. The SMILES string of the molecule is O=C1/C(=C/c2csnn2)CSc2ccc(Br)cc21. The number of ketones is 1. The van der Waals surface area contributed by atoms with E-state index in [1.54, 1.807) is 11.8 Å². The topological polar surface area (TPSA) is 42.9 Å². The molecule has 0 radical (unpaired) electrons. The molecule has 0 spiro atoms. The van der Waals surface area contributed by atoms with Crippen molar-refractivity contribution in [3.05, 3.63) is 44.9 Å². The van der Waals surface area contributed by atoms with E-state index in [4.69, 9.17) is 0 Å². The molecule has 90 valence electrons. The molecule has 18 heavy (non-hydrogen) atoms. The van der Waals surface area contributed by atoms with Crippen LogP contribution < -0.4 is 0 Å². The number of aromatic nitrogens is 2. The summed E-state index contributed by atoms with van der Waals surface area (Å²) in [7, 11) is 0. The lowest BCUT2D eigenvalue weighted by Gasteiger charge is -2.16. The number of fused-ring (bicyclic) bond motifs is 1. The van der Waals surface area contributed by atoms with Crippen molar-refractivity contribution in [1.29, 1.82) is 0 Å². The number of halogens is 1. The van der Waals surface area contributed by atoms with Gasteiger partial charge in [0.25, 0.3) is 0 Å². The lowest BCUT2D eigenvalue weighted by atomic mass is 10.0. The Morgan fingerprint density at radius 3 is 3.06 bits per heavy atom. The molecule has 1 aromatic heterocycles. The molecule has 0 unspecified atom stereocenters. The van der Waals surface area contributed by atoms with E-state index in [9.17, 15) is 4.79 Å². The van der Waals surface area contributed by atoms with Crippen LogP contribution in [0.15, 0.2) is 38.5 Å². The summed E-state index contributed by atoms with van der Waals surface area (Å²) >= 11 is 6.36. The van der Waals surface area contributed by atoms with Crippen molar-refractivity contribution in [3.63, 3.8) is 0 Å². The maximum absolute atomic E-state index is 12.3. The van der Waals surface area contributed by atoms with Crippen molar-refractivity contribution in [2.45, 2.75) is 4.90 Å². The molecule has 0 N–H and O–H groups in total. The van der Waals surface area contributed by atoms with Gasteiger partial charge in [0, 0.05) is 31.6 Å². The minimum Gasteiger partial charge on any atom is -0.289 e. The number of thioether (sulfide) groups is 1. The number of hydrogen-bond acceptors (Lipinski definition) is 5. The Bertz CT molecular complexity index is 638. The van der Waals surface area contributed by atoms with Gasteiger partial charge in [0.05, 0.1) is 5.69 Å². The Kier molecular flexibility index (Phi) is 3.32. The van der Waals surface area contributed by atoms with Crippen molar-refractivity contribution < 1.29 is 4.79 Å². The fourth-order valence-electron chi connectivity index (χ4n) is 1.72. The number of rotatable bonds is 1. The first-order valence-corrected chi connectivity index (χ1v) is 7.80. The molecule has 1 aromatic carbocycles. The number of carbonyl (C=O) groups is 1. The first kappa shape index (κ1) is 12.1. The first-order chi connectivity index (χ1) is 8.74. The highest BCUT2D eigenvalue weighted by atomic mass is 79.9. The van der Waals surface area contributed by atoms with Gasteiger partial charge in [0.1, 0.15) is 0 Å². The quantitative estimate of drug-likeness (QED) is 0.744. The highest BCUT2D eigenvalue weighted by molar-refractivity contribution is 9.10. The van der Waals surface area contributed by atoms with Crippen molar-refractivity contribution >= 4 is 51.1 Å². The van der Waals surface area contributed by atoms with E-state index >= 15 is 0 Å². The molecule has 0 saturated heterocycles. The molecule has 0 fully saturated rings. The fourth-order valence-corrected chi connectivity index (χ4v) is 3.49. The third-order valence-corrected chi connectivity index (χ3v) is 4.70. The predicted molar refractivity (Wildman–Crippen MR) is 77.1 cm³/mol. The second-order valence-electron chi connectivity index (χ2n) is 3.76. The second-order valence-corrected chi connectivity index (χ2v) is 6.30. The molecule has 0 bridgehead atoms. The molecule has 0 amide bonds. The number of Topliss-reactive ketones (excluding diaryl/α,β-unsaturated/α-hetero) is 1. The molecule has 2 heterocycles. The zero-order valence-corrected chi connectivity index (χ0v) is 12.3. The smallest absolute Gasteiger partial charge is 0.191 e. The van der Waals surface area contributed by atoms with Crippen molar-refractivity contribution in [1.82, 2.24) is 9.59 Å². The van der Waals surface area contributed by atoms with Crippen LogP contribution in [0.3, 0.4) is 0 Å². The van der Waals surface area contributed by atoms with Gasteiger partial charge in [-0.1, -0.05) is 20.4 Å². The Balaban J connectivity index is 2.01. The van der Waals surface area contributed by atoms with Crippen molar-refractivity contribution in [3.8, 4) is 0 Å². The van der Waals surface area contributed by atoms with Gasteiger partial charge in [-0.25, -0.2) is 0 Å². The summed E-state index contributed by atoms with van der Waals surface area (Å²) in [6, 6.07) is 5.80. The largest absolute Gasteiger partial charge is 0.289 e. The van der Waals surface area contributed by atoms with E-state index in [-0.39, 0.29) is 5.78 Å². The van der Waals surface area contributed by atoms with Gasteiger partial charge < -0.3 is 0 Å². The fraction of sp³-hybridized carbons (Fsp3) is 0.0833. The van der Waals surface area contributed by atoms with Crippen LogP contribution in [0.25, 0.3) is 6.08 Å². The van der Waals surface area contributed by atoms with Gasteiger partial charge in [0.2, 0.25) is 0 Å². The minimum absolute atomic E-state index is 0.0815.